The first-order chi connectivity index (χ1) is 14.5. The molecule has 6 nitrogen and oxygen atoms in total. The molecule has 2 heterocycles. The van der Waals surface area contributed by atoms with Crippen LogP contribution in [0, 0.1) is 5.82 Å². The van der Waals surface area contributed by atoms with Crippen molar-refractivity contribution in [2.24, 2.45) is 0 Å². The predicted molar refractivity (Wildman–Crippen MR) is 115 cm³/mol. The van der Waals surface area contributed by atoms with Gasteiger partial charge < -0.3 is 4.74 Å². The number of aromatic nitrogens is 1. The summed E-state index contributed by atoms with van der Waals surface area (Å²) in [7, 11) is -1.96. The molecule has 0 amide bonds. The fourth-order valence-corrected chi connectivity index (χ4v) is 5.60. The van der Waals surface area contributed by atoms with Crippen molar-refractivity contribution >= 4 is 21.4 Å². The summed E-state index contributed by atoms with van der Waals surface area (Å²) in [4.78, 5) is 7.05. The molecule has 2 aromatic carbocycles. The lowest BCUT2D eigenvalue weighted by Crippen LogP contribution is -2.48. The van der Waals surface area contributed by atoms with Gasteiger partial charge in [-0.2, -0.15) is 4.31 Å². The Labute approximate surface area is 179 Å². The number of methoxy groups -OCH3 is 1. The second kappa shape index (κ2) is 8.81. The van der Waals surface area contributed by atoms with Gasteiger partial charge in [-0.1, -0.05) is 0 Å². The number of thiazole rings is 1. The van der Waals surface area contributed by atoms with Crippen LogP contribution in [0.25, 0.3) is 10.6 Å². The molecule has 0 radical (unpaired) electrons. The minimum absolute atomic E-state index is 0.126. The molecule has 0 N–H and O–H groups in total. The van der Waals surface area contributed by atoms with Crippen molar-refractivity contribution in [1.82, 2.24) is 14.2 Å². The highest BCUT2D eigenvalue weighted by molar-refractivity contribution is 7.89. The van der Waals surface area contributed by atoms with E-state index in [2.05, 4.69) is 4.90 Å². The van der Waals surface area contributed by atoms with Crippen molar-refractivity contribution in [2.45, 2.75) is 11.4 Å². The van der Waals surface area contributed by atoms with Gasteiger partial charge in [-0.25, -0.2) is 17.8 Å². The maximum Gasteiger partial charge on any atom is 0.243 e. The topological polar surface area (TPSA) is 62.7 Å². The number of nitrogens with zero attached hydrogens (tertiary/aromatic N) is 3. The Hall–Kier alpha value is -2.33. The lowest BCUT2D eigenvalue weighted by atomic mass is 10.2. The summed E-state index contributed by atoms with van der Waals surface area (Å²) in [5, 5.41) is 2.99. The maximum atomic E-state index is 13.1. The lowest BCUT2D eigenvalue weighted by Gasteiger charge is -2.33. The molecule has 1 aliphatic heterocycles. The standard InChI is InChI=1S/C21H22FN3O3S2/c1-28-19-6-2-16(3-7-19)21-23-18(15-29-21)14-24-10-12-25(13-11-24)30(26,27)20-8-4-17(22)5-9-20/h2-9,15H,10-14H2,1H3. The second-order valence-corrected chi connectivity index (χ2v) is 9.80. The van der Waals surface area contributed by atoms with Gasteiger partial charge in [0.15, 0.2) is 0 Å². The number of ether oxygens (including phenoxy) is 1. The van der Waals surface area contributed by atoms with Crippen molar-refractivity contribution < 1.29 is 17.5 Å². The van der Waals surface area contributed by atoms with Crippen molar-refractivity contribution in [3.8, 4) is 16.3 Å². The number of piperazine rings is 1. The summed E-state index contributed by atoms with van der Waals surface area (Å²) in [6.07, 6.45) is 0. The van der Waals surface area contributed by atoms with E-state index in [9.17, 15) is 12.8 Å². The van der Waals surface area contributed by atoms with Gasteiger partial charge in [-0.15, -0.1) is 11.3 Å². The molecule has 1 saturated heterocycles. The first-order valence-electron chi connectivity index (χ1n) is 9.52. The van der Waals surface area contributed by atoms with Crippen LogP contribution in [-0.2, 0) is 16.6 Å². The molecule has 0 saturated carbocycles. The van der Waals surface area contributed by atoms with Crippen LogP contribution in [-0.4, -0.2) is 55.9 Å². The monoisotopic (exact) mass is 447 g/mol. The van der Waals surface area contributed by atoms with Crippen LogP contribution in [0.2, 0.25) is 0 Å². The van der Waals surface area contributed by atoms with Crippen molar-refractivity contribution in [3.05, 3.63) is 65.4 Å². The Morgan fingerprint density at radius 2 is 1.70 bits per heavy atom. The molecule has 0 atom stereocenters. The number of halogens is 1. The third-order valence-electron chi connectivity index (χ3n) is 5.06. The zero-order chi connectivity index (χ0) is 21.1. The van der Waals surface area contributed by atoms with Crippen LogP contribution >= 0.6 is 11.3 Å². The van der Waals surface area contributed by atoms with Gasteiger partial charge in [0, 0.05) is 43.7 Å². The molecular weight excluding hydrogens is 425 g/mol. The Kier molecular flexibility index (Phi) is 6.14. The van der Waals surface area contributed by atoms with Crippen LogP contribution < -0.4 is 4.74 Å². The summed E-state index contributed by atoms with van der Waals surface area (Å²) in [5.74, 6) is 0.361. The van der Waals surface area contributed by atoms with Gasteiger partial charge in [0.05, 0.1) is 17.7 Å². The van der Waals surface area contributed by atoms with E-state index in [1.807, 2.05) is 29.6 Å². The SMILES string of the molecule is COc1ccc(-c2nc(CN3CCN(S(=O)(=O)c4ccc(F)cc4)CC3)cs2)cc1. The number of sulfonamides is 1. The Bertz CT molecular complexity index is 1090. The summed E-state index contributed by atoms with van der Waals surface area (Å²) in [5.41, 5.74) is 2.02. The van der Waals surface area contributed by atoms with Crippen molar-refractivity contribution in [1.29, 1.82) is 0 Å². The Morgan fingerprint density at radius 3 is 2.33 bits per heavy atom. The normalized spacial score (nSPS) is 15.9. The molecule has 3 aromatic rings. The predicted octanol–water partition coefficient (Wildman–Crippen LogP) is 3.46. The summed E-state index contributed by atoms with van der Waals surface area (Å²) >= 11 is 1.59. The molecule has 0 spiro atoms. The lowest BCUT2D eigenvalue weighted by molar-refractivity contribution is 0.180. The smallest absolute Gasteiger partial charge is 0.243 e. The quantitative estimate of drug-likeness (QED) is 0.579. The van der Waals surface area contributed by atoms with E-state index in [0.717, 1.165) is 22.0 Å². The van der Waals surface area contributed by atoms with Crippen molar-refractivity contribution in [2.75, 3.05) is 33.3 Å². The Morgan fingerprint density at radius 1 is 1.03 bits per heavy atom. The maximum absolute atomic E-state index is 13.1. The molecule has 0 aliphatic carbocycles. The van der Waals surface area contributed by atoms with E-state index < -0.39 is 15.8 Å². The zero-order valence-electron chi connectivity index (χ0n) is 16.5. The molecule has 30 heavy (non-hydrogen) atoms. The highest BCUT2D eigenvalue weighted by Crippen LogP contribution is 2.26. The van der Waals surface area contributed by atoms with Gasteiger partial charge in [0.25, 0.3) is 0 Å². The number of benzene rings is 2. The van der Waals surface area contributed by atoms with E-state index in [-0.39, 0.29) is 4.90 Å². The molecule has 0 bridgehead atoms. The minimum atomic E-state index is -3.60. The van der Waals surface area contributed by atoms with Gasteiger partial charge in [-0.3, -0.25) is 4.90 Å². The highest BCUT2D eigenvalue weighted by atomic mass is 32.2. The molecule has 4 rings (SSSR count). The molecular formula is C21H22FN3O3S2. The van der Waals surface area contributed by atoms with E-state index in [0.29, 0.717) is 32.7 Å². The first kappa shape index (κ1) is 20.9. The van der Waals surface area contributed by atoms with Crippen LogP contribution in [0.3, 0.4) is 0 Å². The van der Waals surface area contributed by atoms with Crippen LogP contribution in [0.15, 0.2) is 58.8 Å². The van der Waals surface area contributed by atoms with E-state index in [1.54, 1.807) is 18.4 Å². The zero-order valence-corrected chi connectivity index (χ0v) is 18.1. The third kappa shape index (κ3) is 4.54. The average Bonchev–Trinajstić information content (AvgIpc) is 3.23. The van der Waals surface area contributed by atoms with E-state index in [1.165, 1.54) is 28.6 Å². The summed E-state index contributed by atoms with van der Waals surface area (Å²) < 4.78 is 45.2. The van der Waals surface area contributed by atoms with E-state index >= 15 is 0 Å². The van der Waals surface area contributed by atoms with Gasteiger partial charge in [-0.05, 0) is 48.5 Å². The highest BCUT2D eigenvalue weighted by Gasteiger charge is 2.28. The fourth-order valence-electron chi connectivity index (χ4n) is 3.36. The van der Waals surface area contributed by atoms with Crippen molar-refractivity contribution in [3.63, 3.8) is 0 Å². The molecule has 1 aliphatic rings. The molecule has 158 valence electrons. The van der Waals surface area contributed by atoms with Gasteiger partial charge in [0.1, 0.15) is 16.6 Å². The average molecular weight is 448 g/mol. The van der Waals surface area contributed by atoms with Crippen LogP contribution in [0.4, 0.5) is 4.39 Å². The number of rotatable bonds is 6. The summed E-state index contributed by atoms with van der Waals surface area (Å²) in [6, 6.07) is 12.8. The third-order valence-corrected chi connectivity index (χ3v) is 7.91. The largest absolute Gasteiger partial charge is 0.497 e. The molecule has 0 unspecified atom stereocenters. The second-order valence-electron chi connectivity index (χ2n) is 7.01. The van der Waals surface area contributed by atoms with Crippen LogP contribution in [0.5, 0.6) is 5.75 Å². The number of hydrogen-bond acceptors (Lipinski definition) is 6. The number of hydrogen-bond donors (Lipinski definition) is 0. The van der Waals surface area contributed by atoms with Gasteiger partial charge >= 0.3 is 0 Å². The minimum Gasteiger partial charge on any atom is -0.497 e. The first-order valence-corrected chi connectivity index (χ1v) is 11.8. The fraction of sp³-hybridized carbons (Fsp3) is 0.286. The summed E-state index contributed by atoms with van der Waals surface area (Å²) in [6.45, 7) is 2.72. The Balaban J connectivity index is 1.36. The van der Waals surface area contributed by atoms with Gasteiger partial charge in [0.2, 0.25) is 10.0 Å². The molecule has 1 aromatic heterocycles. The van der Waals surface area contributed by atoms with E-state index in [4.69, 9.17) is 9.72 Å². The molecule has 1 fully saturated rings. The van der Waals surface area contributed by atoms with Crippen LogP contribution in [0.1, 0.15) is 5.69 Å². The molecule has 9 heteroatoms.